The third kappa shape index (κ3) is 10.1. The molecule has 0 saturated heterocycles. The first-order chi connectivity index (χ1) is 20.6. The molecule has 1 heterocycles. The highest BCUT2D eigenvalue weighted by atomic mass is 31.1. The standard InChI is InChI=1S/C28H33F3N5O3P.C2H6O/c1-3-39-40-16-17-4-9-20(10-5-17)34-27-33-15-23(28(29,30)31)25(36-27)35-24-13-8-19(14-22(24)26(38)32-2)18-6-11-21(37)12-7-18;1-2-3/h4-5,8-10,13-15,18,21,37,40H,3,6-7,11-12,16H2,1-2H3,(H,32,38)(H2,33,34,35,36);3H,2H2,1H3. The molecule has 13 heteroatoms. The average molecular weight is 622 g/mol. The molecule has 0 radical (unpaired) electrons. The van der Waals surface area contributed by atoms with E-state index in [0.717, 1.165) is 36.3 Å². The normalized spacial score (nSPS) is 16.8. The monoisotopic (exact) mass is 621 g/mol. The van der Waals surface area contributed by atoms with Crippen LogP contribution in [0.4, 0.5) is 36.3 Å². The number of aliphatic hydroxyl groups excluding tert-OH is 2. The number of alkyl halides is 3. The molecule has 9 nitrogen and oxygen atoms in total. The molecule has 5 N–H and O–H groups in total. The van der Waals surface area contributed by atoms with Crippen molar-refractivity contribution < 1.29 is 32.7 Å². The number of carbonyl (C=O) groups excluding carboxylic acids is 1. The first-order valence-electron chi connectivity index (χ1n) is 14.2. The van der Waals surface area contributed by atoms with Crippen LogP contribution in [0.3, 0.4) is 0 Å². The van der Waals surface area contributed by atoms with Gasteiger partial charge in [0.1, 0.15) is 11.4 Å². The topological polar surface area (TPSA) is 129 Å². The van der Waals surface area contributed by atoms with Crippen molar-refractivity contribution in [2.45, 2.75) is 63.9 Å². The van der Waals surface area contributed by atoms with Gasteiger partial charge in [-0.3, -0.25) is 4.79 Å². The first-order valence-corrected chi connectivity index (χ1v) is 15.3. The predicted molar refractivity (Wildman–Crippen MR) is 163 cm³/mol. The van der Waals surface area contributed by atoms with Gasteiger partial charge in [-0.15, -0.1) is 0 Å². The largest absolute Gasteiger partial charge is 0.421 e. The summed E-state index contributed by atoms with van der Waals surface area (Å²) in [6.45, 7) is 4.52. The van der Waals surface area contributed by atoms with Crippen molar-refractivity contribution in [2.24, 2.45) is 0 Å². The number of anilines is 4. The van der Waals surface area contributed by atoms with Crippen LogP contribution in [0.15, 0.2) is 48.7 Å². The SMILES string of the molecule is CCO.CCOPCc1ccc(Nc2ncc(C(F)(F)F)c(Nc3ccc(C4CCC(O)CC4)cc3C(=O)NC)n2)cc1. The second kappa shape index (κ2) is 16.5. The Bertz CT molecular complexity index is 1320. The fraction of sp³-hybridized carbons (Fsp3) is 0.433. The predicted octanol–water partition coefficient (Wildman–Crippen LogP) is 6.49. The number of aliphatic hydroxyl groups is 2. The summed E-state index contributed by atoms with van der Waals surface area (Å²) >= 11 is 0. The summed E-state index contributed by atoms with van der Waals surface area (Å²) in [5.74, 6) is -0.782. The van der Waals surface area contributed by atoms with E-state index in [1.807, 2.05) is 19.1 Å². The number of nitrogens with zero attached hydrogens (tertiary/aromatic N) is 2. The van der Waals surface area contributed by atoms with Crippen molar-refractivity contribution in [3.05, 3.63) is 70.9 Å². The molecular formula is C30H39F3N5O4P. The lowest BCUT2D eigenvalue weighted by molar-refractivity contribution is -0.137. The molecule has 1 fully saturated rings. The maximum atomic E-state index is 13.9. The van der Waals surface area contributed by atoms with E-state index in [-0.39, 0.29) is 35.8 Å². The Balaban J connectivity index is 0.00000162. The van der Waals surface area contributed by atoms with E-state index in [0.29, 0.717) is 33.9 Å². The third-order valence-corrected chi connectivity index (χ3v) is 7.81. The van der Waals surface area contributed by atoms with Crippen molar-refractivity contribution >= 4 is 37.9 Å². The van der Waals surface area contributed by atoms with Crippen molar-refractivity contribution in [2.75, 3.05) is 30.9 Å². The maximum Gasteiger partial charge on any atom is 0.421 e. The van der Waals surface area contributed by atoms with Crippen LogP contribution in [-0.4, -0.2) is 52.5 Å². The van der Waals surface area contributed by atoms with Gasteiger partial charge in [0.05, 0.1) is 17.4 Å². The fourth-order valence-corrected chi connectivity index (χ4v) is 5.31. The summed E-state index contributed by atoms with van der Waals surface area (Å²) in [6, 6.07) is 12.5. The second-order valence-electron chi connectivity index (χ2n) is 9.86. The number of nitrogens with one attached hydrogen (secondary N) is 3. The van der Waals surface area contributed by atoms with Gasteiger partial charge in [0.2, 0.25) is 5.95 Å². The third-order valence-electron chi connectivity index (χ3n) is 6.76. The van der Waals surface area contributed by atoms with Gasteiger partial charge in [0.15, 0.2) is 0 Å². The van der Waals surface area contributed by atoms with Crippen molar-refractivity contribution in [3.8, 4) is 0 Å². The average Bonchev–Trinajstić information content (AvgIpc) is 2.98. The summed E-state index contributed by atoms with van der Waals surface area (Å²) in [6.07, 6.45) is -0.674. The van der Waals surface area contributed by atoms with Crippen LogP contribution in [0.25, 0.3) is 0 Å². The number of halogens is 3. The van der Waals surface area contributed by atoms with Gasteiger partial charge in [-0.05, 0) is 80.8 Å². The molecule has 1 amide bonds. The van der Waals surface area contributed by atoms with E-state index in [9.17, 15) is 23.1 Å². The van der Waals surface area contributed by atoms with Crippen molar-refractivity contribution in [1.29, 1.82) is 0 Å². The highest BCUT2D eigenvalue weighted by Crippen LogP contribution is 2.38. The molecule has 1 aromatic heterocycles. The Morgan fingerprint density at radius 2 is 1.74 bits per heavy atom. The van der Waals surface area contributed by atoms with Gasteiger partial charge >= 0.3 is 6.18 Å². The van der Waals surface area contributed by atoms with Gasteiger partial charge in [0, 0.05) is 47.1 Å². The molecule has 0 aliphatic heterocycles. The fourth-order valence-electron chi connectivity index (χ4n) is 4.60. The zero-order chi connectivity index (χ0) is 31.4. The van der Waals surface area contributed by atoms with Crippen molar-refractivity contribution in [3.63, 3.8) is 0 Å². The highest BCUT2D eigenvalue weighted by molar-refractivity contribution is 7.31. The lowest BCUT2D eigenvalue weighted by Crippen LogP contribution is -2.21. The lowest BCUT2D eigenvalue weighted by Gasteiger charge is -2.26. The molecule has 3 aromatic rings. The highest BCUT2D eigenvalue weighted by Gasteiger charge is 2.36. The molecular weight excluding hydrogens is 582 g/mol. The van der Waals surface area contributed by atoms with Crippen LogP contribution in [0, 0.1) is 0 Å². The Hall–Kier alpha value is -3.31. The molecule has 1 saturated carbocycles. The van der Waals surface area contributed by atoms with Crippen LogP contribution in [0.1, 0.15) is 72.5 Å². The molecule has 234 valence electrons. The zero-order valence-electron chi connectivity index (χ0n) is 24.5. The lowest BCUT2D eigenvalue weighted by atomic mass is 9.82. The smallest absolute Gasteiger partial charge is 0.397 e. The van der Waals surface area contributed by atoms with Gasteiger partial charge < -0.3 is 30.7 Å². The summed E-state index contributed by atoms with van der Waals surface area (Å²) in [4.78, 5) is 20.8. The first kappa shape index (κ1) is 34.2. The molecule has 0 spiro atoms. The molecule has 0 bridgehead atoms. The summed E-state index contributed by atoms with van der Waals surface area (Å²) in [5, 5.41) is 25.7. The quantitative estimate of drug-likeness (QED) is 0.128. The van der Waals surface area contributed by atoms with Crippen LogP contribution in [0.2, 0.25) is 0 Å². The Labute approximate surface area is 251 Å². The molecule has 4 rings (SSSR count). The summed E-state index contributed by atoms with van der Waals surface area (Å²) in [5.41, 5.74) is 1.93. The van der Waals surface area contributed by atoms with Crippen molar-refractivity contribution in [1.82, 2.24) is 15.3 Å². The minimum absolute atomic E-state index is 0.0293. The van der Waals surface area contributed by atoms with Crippen LogP contribution in [0.5, 0.6) is 0 Å². The summed E-state index contributed by atoms with van der Waals surface area (Å²) < 4.78 is 47.1. The van der Waals surface area contributed by atoms with E-state index in [2.05, 4.69) is 25.9 Å². The van der Waals surface area contributed by atoms with Gasteiger partial charge in [0.25, 0.3) is 5.91 Å². The Morgan fingerprint density at radius 3 is 2.35 bits per heavy atom. The number of benzene rings is 2. The molecule has 1 aliphatic carbocycles. The number of hydrogen-bond donors (Lipinski definition) is 5. The Morgan fingerprint density at radius 1 is 1.07 bits per heavy atom. The zero-order valence-corrected chi connectivity index (χ0v) is 25.5. The number of aromatic nitrogens is 2. The van der Waals surface area contributed by atoms with Crippen LogP contribution >= 0.6 is 8.81 Å². The molecule has 1 atom stereocenters. The van der Waals surface area contributed by atoms with Gasteiger partial charge in [-0.25, -0.2) is 4.98 Å². The number of hydrogen-bond acceptors (Lipinski definition) is 8. The number of carbonyl (C=O) groups is 1. The molecule has 43 heavy (non-hydrogen) atoms. The second-order valence-corrected chi connectivity index (χ2v) is 10.8. The Kier molecular flexibility index (Phi) is 13.1. The van der Waals surface area contributed by atoms with E-state index in [4.69, 9.17) is 9.63 Å². The van der Waals surface area contributed by atoms with E-state index in [1.54, 1.807) is 37.3 Å². The maximum absolute atomic E-state index is 13.9. The molecule has 1 unspecified atom stereocenters. The van der Waals surface area contributed by atoms with Crippen LogP contribution in [-0.2, 0) is 16.9 Å². The van der Waals surface area contributed by atoms with E-state index < -0.39 is 23.5 Å². The number of rotatable bonds is 10. The van der Waals surface area contributed by atoms with E-state index >= 15 is 0 Å². The number of amides is 1. The molecule has 2 aromatic carbocycles. The van der Waals surface area contributed by atoms with Crippen LogP contribution < -0.4 is 16.0 Å². The van der Waals surface area contributed by atoms with E-state index in [1.165, 1.54) is 7.05 Å². The summed E-state index contributed by atoms with van der Waals surface area (Å²) in [7, 11) is 1.82. The minimum atomic E-state index is -4.72. The van der Waals surface area contributed by atoms with Gasteiger partial charge in [-0.2, -0.15) is 18.2 Å². The minimum Gasteiger partial charge on any atom is -0.397 e. The molecule has 1 aliphatic rings. The van der Waals surface area contributed by atoms with Gasteiger partial charge in [-0.1, -0.05) is 18.2 Å².